The van der Waals surface area contributed by atoms with Gasteiger partial charge >= 0.3 is 0 Å². The average molecular weight is 467 g/mol. The molecule has 0 atom stereocenters. The van der Waals surface area contributed by atoms with E-state index in [1.165, 1.54) is 0 Å². The Balaban J connectivity index is 1.96. The van der Waals surface area contributed by atoms with Gasteiger partial charge in [0.15, 0.2) is 0 Å². The number of rotatable bonds is 3. The molecule has 4 nitrogen and oxygen atoms in total. The molecule has 0 radical (unpaired) electrons. The predicted molar refractivity (Wildman–Crippen MR) is 109 cm³/mol. The lowest BCUT2D eigenvalue weighted by Gasteiger charge is -2.18. The highest BCUT2D eigenvalue weighted by Gasteiger charge is 2.39. The van der Waals surface area contributed by atoms with Crippen LogP contribution in [-0.4, -0.2) is 11.8 Å². The van der Waals surface area contributed by atoms with E-state index in [0.29, 0.717) is 5.69 Å². The molecule has 3 rings (SSSR count). The Labute approximate surface area is 165 Å². The minimum Gasteiger partial charge on any atom is -0.350 e. The van der Waals surface area contributed by atoms with Crippen LogP contribution in [0.25, 0.3) is 0 Å². The highest BCUT2D eigenvalue weighted by Crippen LogP contribution is 2.32. The number of hydrogen-bond acceptors (Lipinski definition) is 3. The zero-order chi connectivity index (χ0) is 18.3. The number of hydrogen-bond donors (Lipinski definition) is 1. The summed E-state index contributed by atoms with van der Waals surface area (Å²) in [5.74, 6) is -0.957. The number of amides is 2. The molecule has 0 aromatic heterocycles. The van der Waals surface area contributed by atoms with Crippen molar-refractivity contribution in [3.63, 3.8) is 0 Å². The first kappa shape index (κ1) is 17.9. The van der Waals surface area contributed by atoms with Crippen LogP contribution in [0.4, 0.5) is 11.4 Å². The van der Waals surface area contributed by atoms with Gasteiger partial charge in [-0.3, -0.25) is 9.59 Å². The molecule has 2 aromatic rings. The average Bonchev–Trinajstić information content (AvgIpc) is 2.71. The highest BCUT2D eigenvalue weighted by molar-refractivity contribution is 14.1. The first-order chi connectivity index (χ1) is 11.8. The van der Waals surface area contributed by atoms with Gasteiger partial charge in [0.25, 0.3) is 11.8 Å². The summed E-state index contributed by atoms with van der Waals surface area (Å²) < 4.78 is 1.03. The molecule has 1 aliphatic heterocycles. The van der Waals surface area contributed by atoms with E-state index < -0.39 is 11.8 Å². The highest BCUT2D eigenvalue weighted by atomic mass is 127. The number of aryl methyl sites for hydroxylation is 3. The molecule has 0 saturated carbocycles. The van der Waals surface area contributed by atoms with Crippen LogP contribution >= 0.6 is 34.2 Å². The van der Waals surface area contributed by atoms with E-state index >= 15 is 0 Å². The van der Waals surface area contributed by atoms with Gasteiger partial charge in [-0.05, 0) is 90.4 Å². The van der Waals surface area contributed by atoms with Crippen molar-refractivity contribution in [1.29, 1.82) is 0 Å². The molecular weight excluding hydrogens is 451 g/mol. The zero-order valence-electron chi connectivity index (χ0n) is 14.0. The molecule has 25 heavy (non-hydrogen) atoms. The lowest BCUT2D eigenvalue weighted by molar-refractivity contribution is -0.120. The van der Waals surface area contributed by atoms with Crippen molar-refractivity contribution in [2.75, 3.05) is 10.2 Å². The molecule has 1 N–H and O–H groups in total. The first-order valence-electron chi connectivity index (χ1n) is 7.68. The fourth-order valence-corrected chi connectivity index (χ4v) is 3.75. The summed E-state index contributed by atoms with van der Waals surface area (Å²) in [5.41, 5.74) is 4.33. The van der Waals surface area contributed by atoms with Crippen molar-refractivity contribution >= 4 is 57.4 Å². The molecule has 1 heterocycles. The second-order valence-electron chi connectivity index (χ2n) is 6.07. The molecular formula is C19H16ClIN2O2. The van der Waals surface area contributed by atoms with Crippen LogP contribution in [0.3, 0.4) is 0 Å². The Bertz CT molecular complexity index is 917. The van der Waals surface area contributed by atoms with Crippen molar-refractivity contribution in [2.24, 2.45) is 0 Å². The van der Waals surface area contributed by atoms with Gasteiger partial charge in [0, 0.05) is 9.26 Å². The minimum absolute atomic E-state index is 0.0953. The molecule has 1 aliphatic rings. The Morgan fingerprint density at radius 1 is 0.960 bits per heavy atom. The van der Waals surface area contributed by atoms with Crippen molar-refractivity contribution < 1.29 is 9.59 Å². The molecule has 128 valence electrons. The third-order valence-electron chi connectivity index (χ3n) is 3.92. The van der Waals surface area contributed by atoms with Gasteiger partial charge < -0.3 is 5.32 Å². The van der Waals surface area contributed by atoms with Crippen LogP contribution in [0.1, 0.15) is 16.7 Å². The van der Waals surface area contributed by atoms with Crippen LogP contribution < -0.4 is 10.2 Å². The third kappa shape index (κ3) is 3.43. The van der Waals surface area contributed by atoms with Crippen molar-refractivity contribution in [1.82, 2.24) is 0 Å². The monoisotopic (exact) mass is 466 g/mol. The molecule has 0 bridgehead atoms. The van der Waals surface area contributed by atoms with Crippen LogP contribution in [0.5, 0.6) is 0 Å². The van der Waals surface area contributed by atoms with E-state index in [1.807, 2.05) is 51.1 Å². The van der Waals surface area contributed by atoms with Crippen molar-refractivity contribution in [3.05, 3.63) is 67.4 Å². The number of nitrogens with one attached hydrogen (secondary N) is 1. The van der Waals surface area contributed by atoms with E-state index in [4.69, 9.17) is 11.6 Å². The van der Waals surface area contributed by atoms with Gasteiger partial charge in [0.05, 0.1) is 5.69 Å². The lowest BCUT2D eigenvalue weighted by atomic mass is 10.1. The predicted octanol–water partition coefficient (Wildman–Crippen LogP) is 4.65. The quantitative estimate of drug-likeness (QED) is 0.529. The normalized spacial score (nSPS) is 14.5. The summed E-state index contributed by atoms with van der Waals surface area (Å²) in [6.45, 7) is 5.80. The second kappa shape index (κ2) is 6.80. The fraction of sp³-hybridized carbons (Fsp3) is 0.158. The van der Waals surface area contributed by atoms with Crippen LogP contribution in [0.15, 0.2) is 47.1 Å². The van der Waals surface area contributed by atoms with E-state index in [2.05, 4.69) is 27.9 Å². The Morgan fingerprint density at radius 3 is 2.20 bits per heavy atom. The van der Waals surface area contributed by atoms with Crippen LogP contribution in [-0.2, 0) is 9.59 Å². The van der Waals surface area contributed by atoms with E-state index in [0.717, 1.165) is 30.8 Å². The van der Waals surface area contributed by atoms with Gasteiger partial charge in [-0.25, -0.2) is 4.90 Å². The minimum atomic E-state index is -0.511. The molecule has 0 fully saturated rings. The standard InChI is InChI=1S/C19H16ClIN2O2/c1-10-6-11(2)8-14(7-10)22-17-16(20)18(24)23(19(17)25)15-5-4-13(21)9-12(15)3/h4-9,22H,1-3H3. The lowest BCUT2D eigenvalue weighted by Crippen LogP contribution is -2.32. The maximum atomic E-state index is 12.8. The number of carbonyl (C=O) groups excluding carboxylic acids is 2. The van der Waals surface area contributed by atoms with Gasteiger partial charge in [0.1, 0.15) is 10.7 Å². The number of anilines is 2. The second-order valence-corrected chi connectivity index (χ2v) is 7.69. The Kier molecular flexibility index (Phi) is 4.88. The number of carbonyl (C=O) groups is 2. The smallest absolute Gasteiger partial charge is 0.283 e. The summed E-state index contributed by atoms with van der Waals surface area (Å²) in [5, 5.41) is 2.92. The summed E-state index contributed by atoms with van der Waals surface area (Å²) in [6.07, 6.45) is 0. The largest absolute Gasteiger partial charge is 0.350 e. The molecule has 0 unspecified atom stereocenters. The topological polar surface area (TPSA) is 49.4 Å². The maximum Gasteiger partial charge on any atom is 0.283 e. The van der Waals surface area contributed by atoms with E-state index in [1.54, 1.807) is 6.07 Å². The molecule has 0 saturated heterocycles. The summed E-state index contributed by atoms with van der Waals surface area (Å²) in [4.78, 5) is 26.5. The SMILES string of the molecule is Cc1cc(C)cc(NC2=C(Cl)C(=O)N(c3ccc(I)cc3C)C2=O)c1. The molecule has 2 aromatic carbocycles. The fourth-order valence-electron chi connectivity index (χ4n) is 2.89. The van der Waals surface area contributed by atoms with Crippen molar-refractivity contribution in [3.8, 4) is 0 Å². The molecule has 2 amide bonds. The number of halogens is 2. The van der Waals surface area contributed by atoms with Crippen LogP contribution in [0.2, 0.25) is 0 Å². The summed E-state index contributed by atoms with van der Waals surface area (Å²) >= 11 is 8.37. The Hall–Kier alpha value is -1.86. The number of benzene rings is 2. The van der Waals surface area contributed by atoms with Gasteiger partial charge in [0.2, 0.25) is 0 Å². The summed E-state index contributed by atoms with van der Waals surface area (Å²) in [6, 6.07) is 11.4. The Morgan fingerprint density at radius 2 is 1.60 bits per heavy atom. The van der Waals surface area contributed by atoms with Gasteiger partial charge in [-0.1, -0.05) is 17.7 Å². The maximum absolute atomic E-state index is 12.8. The van der Waals surface area contributed by atoms with E-state index in [9.17, 15) is 9.59 Å². The van der Waals surface area contributed by atoms with Gasteiger partial charge in [-0.15, -0.1) is 0 Å². The number of imide groups is 1. The van der Waals surface area contributed by atoms with Gasteiger partial charge in [-0.2, -0.15) is 0 Å². The molecule has 0 aliphatic carbocycles. The van der Waals surface area contributed by atoms with E-state index in [-0.39, 0.29) is 10.7 Å². The summed E-state index contributed by atoms with van der Waals surface area (Å²) in [7, 11) is 0. The zero-order valence-corrected chi connectivity index (χ0v) is 16.9. The van der Waals surface area contributed by atoms with Crippen LogP contribution in [0, 0.1) is 24.3 Å². The molecule has 6 heteroatoms. The number of nitrogens with zero attached hydrogens (tertiary/aromatic N) is 1. The third-order valence-corrected chi connectivity index (χ3v) is 4.94. The molecule has 0 spiro atoms. The first-order valence-corrected chi connectivity index (χ1v) is 9.13. The van der Waals surface area contributed by atoms with Crippen molar-refractivity contribution in [2.45, 2.75) is 20.8 Å².